The summed E-state index contributed by atoms with van der Waals surface area (Å²) in [5.41, 5.74) is 0.882. The summed E-state index contributed by atoms with van der Waals surface area (Å²) < 4.78 is 0. The fourth-order valence-electron chi connectivity index (χ4n) is 1.79. The maximum absolute atomic E-state index is 11.7. The van der Waals surface area contributed by atoms with Crippen molar-refractivity contribution in [3.8, 4) is 11.4 Å². The van der Waals surface area contributed by atoms with Gasteiger partial charge in [-0.25, -0.2) is 0 Å². The number of tetrazole rings is 1. The highest BCUT2D eigenvalue weighted by Gasteiger charge is 2.08. The van der Waals surface area contributed by atoms with Crippen molar-refractivity contribution in [2.24, 2.45) is 0 Å². The van der Waals surface area contributed by atoms with E-state index >= 15 is 0 Å². The van der Waals surface area contributed by atoms with Gasteiger partial charge in [0.25, 0.3) is 0 Å². The molecule has 0 unspecified atom stereocenters. The maximum atomic E-state index is 11.7. The number of aromatic nitrogens is 4. The van der Waals surface area contributed by atoms with Crippen molar-refractivity contribution in [2.75, 3.05) is 19.6 Å². The summed E-state index contributed by atoms with van der Waals surface area (Å²) in [4.78, 5) is 13.0. The fourth-order valence-corrected chi connectivity index (χ4v) is 1.79. The highest BCUT2D eigenvalue weighted by atomic mass is 16.2. The molecule has 1 heterocycles. The highest BCUT2D eigenvalue weighted by Crippen LogP contribution is 2.11. The lowest BCUT2D eigenvalue weighted by atomic mass is 10.2. The second-order valence-electron chi connectivity index (χ2n) is 4.61. The lowest BCUT2D eigenvalue weighted by molar-refractivity contribution is -0.122. The normalized spacial score (nSPS) is 10.5. The van der Waals surface area contributed by atoms with E-state index in [2.05, 4.69) is 33.0 Å². The Kier molecular flexibility index (Phi) is 5.83. The Balaban J connectivity index is 1.78. The molecule has 0 spiro atoms. The summed E-state index contributed by atoms with van der Waals surface area (Å²) in [6.07, 6.45) is 1.08. The van der Waals surface area contributed by atoms with E-state index in [-0.39, 0.29) is 12.5 Å². The molecule has 0 aliphatic heterocycles. The van der Waals surface area contributed by atoms with Crippen LogP contribution >= 0.6 is 0 Å². The third-order valence-corrected chi connectivity index (χ3v) is 2.82. The first-order valence-corrected chi connectivity index (χ1v) is 7.10. The highest BCUT2D eigenvalue weighted by molar-refractivity contribution is 5.75. The molecule has 2 N–H and O–H groups in total. The van der Waals surface area contributed by atoms with E-state index in [1.807, 2.05) is 30.3 Å². The molecule has 0 fully saturated rings. The summed E-state index contributed by atoms with van der Waals surface area (Å²) in [5, 5.41) is 18.1. The van der Waals surface area contributed by atoms with E-state index in [4.69, 9.17) is 0 Å². The standard InChI is InChI=1S/C14H20N6O/c1-2-8-15-9-10-16-13(21)11-20-18-14(17-19-20)12-6-4-3-5-7-12/h3-7,15H,2,8-11H2,1H3,(H,16,21). The second-order valence-corrected chi connectivity index (χ2v) is 4.61. The predicted octanol–water partition coefficient (Wildman–Crippen LogP) is 0.456. The molecular formula is C14H20N6O. The molecule has 0 aliphatic rings. The molecule has 2 rings (SSSR count). The van der Waals surface area contributed by atoms with Gasteiger partial charge < -0.3 is 10.6 Å². The minimum atomic E-state index is -0.120. The smallest absolute Gasteiger partial charge is 0.243 e. The summed E-state index contributed by atoms with van der Waals surface area (Å²) in [6, 6.07) is 9.55. The van der Waals surface area contributed by atoms with Crippen molar-refractivity contribution in [1.29, 1.82) is 0 Å². The quantitative estimate of drug-likeness (QED) is 0.689. The van der Waals surface area contributed by atoms with Crippen LogP contribution in [0.2, 0.25) is 0 Å². The first kappa shape index (κ1) is 15.1. The Morgan fingerprint density at radius 1 is 1.19 bits per heavy atom. The first-order chi connectivity index (χ1) is 10.3. The second kappa shape index (κ2) is 8.11. The molecule has 7 heteroatoms. The molecule has 1 aromatic carbocycles. The summed E-state index contributed by atoms with van der Waals surface area (Å²) >= 11 is 0. The van der Waals surface area contributed by atoms with Crippen molar-refractivity contribution in [1.82, 2.24) is 30.8 Å². The van der Waals surface area contributed by atoms with Crippen LogP contribution in [0.15, 0.2) is 30.3 Å². The van der Waals surface area contributed by atoms with E-state index in [1.165, 1.54) is 4.80 Å². The average molecular weight is 288 g/mol. The summed E-state index contributed by atoms with van der Waals surface area (Å²) in [6.45, 7) is 4.50. The molecule has 7 nitrogen and oxygen atoms in total. The summed E-state index contributed by atoms with van der Waals surface area (Å²) in [7, 11) is 0. The summed E-state index contributed by atoms with van der Waals surface area (Å²) in [5.74, 6) is 0.401. The molecule has 2 aromatic rings. The molecule has 0 saturated carbocycles. The Labute approximate surface area is 123 Å². The molecule has 0 atom stereocenters. The van der Waals surface area contributed by atoms with Gasteiger partial charge in [0, 0.05) is 18.7 Å². The molecule has 0 aliphatic carbocycles. The fraction of sp³-hybridized carbons (Fsp3) is 0.429. The van der Waals surface area contributed by atoms with Gasteiger partial charge in [0.2, 0.25) is 11.7 Å². The van der Waals surface area contributed by atoms with Gasteiger partial charge in [-0.1, -0.05) is 37.3 Å². The first-order valence-electron chi connectivity index (χ1n) is 7.10. The number of benzene rings is 1. The Bertz CT molecular complexity index is 554. The van der Waals surface area contributed by atoms with Gasteiger partial charge >= 0.3 is 0 Å². The van der Waals surface area contributed by atoms with Crippen LogP contribution in [0.4, 0.5) is 0 Å². The number of rotatable bonds is 8. The van der Waals surface area contributed by atoms with Gasteiger partial charge in [-0.05, 0) is 18.2 Å². The van der Waals surface area contributed by atoms with Gasteiger partial charge in [0.15, 0.2) is 0 Å². The number of carbonyl (C=O) groups is 1. The zero-order chi connectivity index (χ0) is 14.9. The van der Waals surface area contributed by atoms with Gasteiger partial charge in [0.1, 0.15) is 6.54 Å². The van der Waals surface area contributed by atoms with Crippen LogP contribution in [0.25, 0.3) is 11.4 Å². The van der Waals surface area contributed by atoms with Crippen LogP contribution in [0.5, 0.6) is 0 Å². The number of hydrogen-bond acceptors (Lipinski definition) is 5. The molecule has 1 amide bonds. The average Bonchev–Trinajstić information content (AvgIpc) is 2.96. The van der Waals surface area contributed by atoms with Crippen LogP contribution in [0, 0.1) is 0 Å². The SMILES string of the molecule is CCCNCCNC(=O)Cn1nnc(-c2ccccc2)n1. The van der Waals surface area contributed by atoms with E-state index in [0.29, 0.717) is 12.4 Å². The number of hydrogen-bond donors (Lipinski definition) is 2. The minimum Gasteiger partial charge on any atom is -0.353 e. The van der Waals surface area contributed by atoms with E-state index in [9.17, 15) is 4.79 Å². The van der Waals surface area contributed by atoms with Crippen molar-refractivity contribution >= 4 is 5.91 Å². The maximum Gasteiger partial charge on any atom is 0.243 e. The van der Waals surface area contributed by atoms with Crippen LogP contribution in [0.3, 0.4) is 0 Å². The van der Waals surface area contributed by atoms with Crippen molar-refractivity contribution in [3.05, 3.63) is 30.3 Å². The molecule has 1 aromatic heterocycles. The molecule has 0 radical (unpaired) electrons. The molecule has 0 saturated heterocycles. The third kappa shape index (κ3) is 4.96. The van der Waals surface area contributed by atoms with Gasteiger partial charge in [-0.3, -0.25) is 4.79 Å². The largest absolute Gasteiger partial charge is 0.353 e. The molecule has 21 heavy (non-hydrogen) atoms. The van der Waals surface area contributed by atoms with Gasteiger partial charge in [-0.2, -0.15) is 4.80 Å². The number of carbonyl (C=O) groups excluding carboxylic acids is 1. The lowest BCUT2D eigenvalue weighted by Gasteiger charge is -2.05. The van der Waals surface area contributed by atoms with Gasteiger partial charge in [0.05, 0.1) is 0 Å². The molecular weight excluding hydrogens is 268 g/mol. The predicted molar refractivity (Wildman–Crippen MR) is 79.4 cm³/mol. The van der Waals surface area contributed by atoms with Gasteiger partial charge in [-0.15, -0.1) is 10.2 Å². The van der Waals surface area contributed by atoms with E-state index < -0.39 is 0 Å². The van der Waals surface area contributed by atoms with Crippen molar-refractivity contribution < 1.29 is 4.79 Å². The molecule has 112 valence electrons. The Morgan fingerprint density at radius 2 is 2.00 bits per heavy atom. The zero-order valence-corrected chi connectivity index (χ0v) is 12.1. The van der Waals surface area contributed by atoms with E-state index in [1.54, 1.807) is 0 Å². The van der Waals surface area contributed by atoms with Crippen LogP contribution in [-0.4, -0.2) is 45.7 Å². The van der Waals surface area contributed by atoms with Crippen LogP contribution in [-0.2, 0) is 11.3 Å². The lowest BCUT2D eigenvalue weighted by Crippen LogP contribution is -2.34. The minimum absolute atomic E-state index is 0.0770. The third-order valence-electron chi connectivity index (χ3n) is 2.82. The zero-order valence-electron chi connectivity index (χ0n) is 12.1. The van der Waals surface area contributed by atoms with Crippen LogP contribution < -0.4 is 10.6 Å². The van der Waals surface area contributed by atoms with Crippen LogP contribution in [0.1, 0.15) is 13.3 Å². The van der Waals surface area contributed by atoms with Crippen molar-refractivity contribution in [3.63, 3.8) is 0 Å². The van der Waals surface area contributed by atoms with E-state index in [0.717, 1.165) is 25.1 Å². The Hall–Kier alpha value is -2.28. The van der Waals surface area contributed by atoms with Crippen molar-refractivity contribution in [2.45, 2.75) is 19.9 Å². The topological polar surface area (TPSA) is 84.7 Å². The monoisotopic (exact) mass is 288 g/mol. The molecule has 0 bridgehead atoms. The Morgan fingerprint density at radius 3 is 2.76 bits per heavy atom. The number of nitrogens with one attached hydrogen (secondary N) is 2. The number of amides is 1. The number of nitrogens with zero attached hydrogens (tertiary/aromatic N) is 4.